The summed E-state index contributed by atoms with van der Waals surface area (Å²) in [6, 6.07) is -0.745. The Morgan fingerprint density at radius 3 is 1.60 bits per heavy atom. The number of hydrogen-bond donors (Lipinski definition) is 0. The van der Waals surface area contributed by atoms with Crippen molar-refractivity contribution in [2.75, 3.05) is 18.1 Å². The van der Waals surface area contributed by atoms with Gasteiger partial charge in [0.15, 0.2) is 11.8 Å². The molecule has 0 fully saturated rings. The second-order valence-electron chi connectivity index (χ2n) is 11.6. The van der Waals surface area contributed by atoms with E-state index < -0.39 is 6.04 Å². The Kier molecular flexibility index (Phi) is 35.3. The minimum absolute atomic E-state index is 0.160. The van der Waals surface area contributed by atoms with Crippen LogP contribution in [-0.4, -0.2) is 35.9 Å². The van der Waals surface area contributed by atoms with Gasteiger partial charge in [0, 0.05) is 5.75 Å². The van der Waals surface area contributed by atoms with Gasteiger partial charge in [-0.1, -0.05) is 155 Å². The zero-order chi connectivity index (χ0) is 30.1. The number of thioether (sulfide) groups is 1. The van der Waals surface area contributed by atoms with E-state index in [1.54, 1.807) is 11.8 Å². The normalized spacial score (nSPS) is 12.3. The molecule has 0 bridgehead atoms. The van der Waals surface area contributed by atoms with Gasteiger partial charge in [0.1, 0.15) is 0 Å². The SMILES string of the molecule is CCCCCCCCC(C)CC.CCCCCCCCCCCCCCOC(=O)CCSCCC(N=O)C(C)=O. The summed E-state index contributed by atoms with van der Waals surface area (Å²) in [6.07, 6.45) is 27.8. The molecule has 6 heteroatoms. The molecule has 0 saturated heterocycles. The number of unbranched alkanes of at least 4 members (excludes halogenated alkanes) is 16. The average Bonchev–Trinajstić information content (AvgIpc) is 2.95. The lowest BCUT2D eigenvalue weighted by atomic mass is 10.00. The number of ketones is 1. The summed E-state index contributed by atoms with van der Waals surface area (Å²) in [5.41, 5.74) is 0. The van der Waals surface area contributed by atoms with Crippen LogP contribution >= 0.6 is 11.8 Å². The Labute approximate surface area is 253 Å². The molecule has 0 aromatic rings. The van der Waals surface area contributed by atoms with Crippen LogP contribution in [0.25, 0.3) is 0 Å². The highest BCUT2D eigenvalue weighted by molar-refractivity contribution is 7.99. The van der Waals surface area contributed by atoms with Crippen molar-refractivity contribution >= 4 is 23.5 Å². The van der Waals surface area contributed by atoms with Gasteiger partial charge >= 0.3 is 5.97 Å². The average molecular weight is 586 g/mol. The Balaban J connectivity index is 0. The molecule has 0 aromatic heterocycles. The quantitative estimate of drug-likeness (QED) is 0.0496. The summed E-state index contributed by atoms with van der Waals surface area (Å²) in [7, 11) is 0. The second kappa shape index (κ2) is 34.3. The van der Waals surface area contributed by atoms with Gasteiger partial charge in [-0.15, -0.1) is 0 Å². The molecular weight excluding hydrogens is 518 g/mol. The van der Waals surface area contributed by atoms with E-state index in [2.05, 4.69) is 32.9 Å². The third-order valence-electron chi connectivity index (χ3n) is 7.59. The minimum Gasteiger partial charge on any atom is -0.466 e. The molecule has 0 N–H and O–H groups in total. The first-order chi connectivity index (χ1) is 19.4. The molecule has 2 unspecified atom stereocenters. The van der Waals surface area contributed by atoms with Crippen molar-refractivity contribution in [1.82, 2.24) is 0 Å². The van der Waals surface area contributed by atoms with E-state index in [1.165, 1.54) is 122 Å². The van der Waals surface area contributed by atoms with Gasteiger partial charge in [0.05, 0.1) is 13.0 Å². The predicted molar refractivity (Wildman–Crippen MR) is 176 cm³/mol. The maximum absolute atomic E-state index is 11.6. The highest BCUT2D eigenvalue weighted by Gasteiger charge is 2.13. The number of carbonyl (C=O) groups excluding carboxylic acids is 2. The molecule has 0 aliphatic carbocycles. The smallest absolute Gasteiger partial charge is 0.306 e. The largest absolute Gasteiger partial charge is 0.466 e. The molecule has 2 atom stereocenters. The molecule has 40 heavy (non-hydrogen) atoms. The monoisotopic (exact) mass is 585 g/mol. The highest BCUT2D eigenvalue weighted by Crippen LogP contribution is 2.14. The van der Waals surface area contributed by atoms with Gasteiger partial charge < -0.3 is 4.74 Å². The predicted octanol–water partition coefficient (Wildman–Crippen LogP) is 11.3. The Bertz CT molecular complexity index is 558. The van der Waals surface area contributed by atoms with E-state index in [4.69, 9.17) is 4.74 Å². The molecule has 238 valence electrons. The van der Waals surface area contributed by atoms with Crippen molar-refractivity contribution in [3.05, 3.63) is 4.91 Å². The third-order valence-corrected chi connectivity index (χ3v) is 8.61. The van der Waals surface area contributed by atoms with Crippen molar-refractivity contribution in [1.29, 1.82) is 0 Å². The van der Waals surface area contributed by atoms with E-state index in [9.17, 15) is 14.5 Å². The lowest BCUT2D eigenvalue weighted by Crippen LogP contribution is -2.15. The lowest BCUT2D eigenvalue weighted by Gasteiger charge is -2.06. The topological polar surface area (TPSA) is 72.8 Å². The van der Waals surface area contributed by atoms with Crippen LogP contribution in [0.3, 0.4) is 0 Å². The summed E-state index contributed by atoms with van der Waals surface area (Å²) < 4.78 is 5.25. The molecule has 0 aliphatic heterocycles. The third kappa shape index (κ3) is 33.3. The summed E-state index contributed by atoms with van der Waals surface area (Å²) in [5.74, 6) is 1.91. The fraction of sp³-hybridized carbons (Fsp3) is 0.941. The van der Waals surface area contributed by atoms with E-state index in [-0.39, 0.29) is 11.8 Å². The zero-order valence-electron chi connectivity index (χ0n) is 27.3. The van der Waals surface area contributed by atoms with E-state index in [1.807, 2.05) is 0 Å². The fourth-order valence-corrected chi connectivity index (χ4v) is 5.37. The Hall–Kier alpha value is -0.910. The molecule has 0 amide bonds. The van der Waals surface area contributed by atoms with E-state index in [0.29, 0.717) is 31.0 Å². The molecule has 0 radical (unpaired) electrons. The van der Waals surface area contributed by atoms with Crippen LogP contribution < -0.4 is 0 Å². The maximum atomic E-state index is 11.6. The van der Waals surface area contributed by atoms with Crippen LogP contribution in [0.5, 0.6) is 0 Å². The number of esters is 1. The summed E-state index contributed by atoms with van der Waals surface area (Å²) in [6.45, 7) is 11.1. The van der Waals surface area contributed by atoms with E-state index in [0.717, 1.165) is 18.8 Å². The summed E-state index contributed by atoms with van der Waals surface area (Å²) in [5, 5.41) is 2.81. The van der Waals surface area contributed by atoms with Crippen LogP contribution in [0.2, 0.25) is 0 Å². The second-order valence-corrected chi connectivity index (χ2v) is 12.8. The fourth-order valence-electron chi connectivity index (χ4n) is 4.46. The van der Waals surface area contributed by atoms with Crippen molar-refractivity contribution in [2.24, 2.45) is 11.1 Å². The molecule has 0 aromatic carbocycles. The van der Waals surface area contributed by atoms with Crippen molar-refractivity contribution in [2.45, 2.75) is 182 Å². The first-order valence-electron chi connectivity index (χ1n) is 17.0. The van der Waals surface area contributed by atoms with Gasteiger partial charge in [0.2, 0.25) is 0 Å². The number of nitrogens with zero attached hydrogens (tertiary/aromatic N) is 1. The van der Waals surface area contributed by atoms with Gasteiger partial charge in [-0.05, 0) is 31.4 Å². The molecule has 0 aliphatic rings. The van der Waals surface area contributed by atoms with Crippen LogP contribution in [0.1, 0.15) is 176 Å². The lowest BCUT2D eigenvalue weighted by molar-refractivity contribution is -0.143. The van der Waals surface area contributed by atoms with Gasteiger partial charge in [-0.3, -0.25) is 9.59 Å². The van der Waals surface area contributed by atoms with Gasteiger partial charge in [-0.25, -0.2) is 0 Å². The number of carbonyl (C=O) groups is 2. The molecular formula is C34H67NO4S. The van der Waals surface area contributed by atoms with Crippen molar-refractivity contribution in [3.8, 4) is 0 Å². The van der Waals surface area contributed by atoms with Crippen molar-refractivity contribution < 1.29 is 14.3 Å². The number of rotatable bonds is 29. The Morgan fingerprint density at radius 2 is 1.15 bits per heavy atom. The molecule has 0 rings (SSSR count). The molecule has 5 nitrogen and oxygen atoms in total. The van der Waals surface area contributed by atoms with Crippen LogP contribution in [0.15, 0.2) is 5.18 Å². The number of Topliss-reactive ketones (excluding diaryl/α,β-unsaturated/α-hetero) is 1. The zero-order valence-corrected chi connectivity index (χ0v) is 28.1. The highest BCUT2D eigenvalue weighted by atomic mass is 32.2. The summed E-state index contributed by atoms with van der Waals surface area (Å²) >= 11 is 1.55. The molecule has 0 spiro atoms. The van der Waals surface area contributed by atoms with Gasteiger partial charge in [-0.2, -0.15) is 16.7 Å². The van der Waals surface area contributed by atoms with Crippen LogP contribution in [-0.2, 0) is 14.3 Å². The summed E-state index contributed by atoms with van der Waals surface area (Å²) in [4.78, 5) is 33.2. The minimum atomic E-state index is -0.745. The number of hydrogen-bond acceptors (Lipinski definition) is 6. The van der Waals surface area contributed by atoms with Crippen molar-refractivity contribution in [3.63, 3.8) is 0 Å². The maximum Gasteiger partial charge on any atom is 0.306 e. The first kappa shape index (κ1) is 41.2. The van der Waals surface area contributed by atoms with Crippen LogP contribution in [0.4, 0.5) is 0 Å². The van der Waals surface area contributed by atoms with Gasteiger partial charge in [0.25, 0.3) is 0 Å². The molecule has 0 heterocycles. The van der Waals surface area contributed by atoms with E-state index >= 15 is 0 Å². The number of nitroso groups, excluding NO2 is 1. The molecule has 0 saturated carbocycles. The number of ether oxygens (including phenoxy) is 1. The van der Waals surface area contributed by atoms with Crippen LogP contribution in [0, 0.1) is 10.8 Å². The Morgan fingerprint density at radius 1 is 0.675 bits per heavy atom. The standard InChI is InChI=1S/C22H41NO4S.C12H26/c1-3-4-5-6-7-8-9-10-11-12-13-14-17-27-22(25)16-19-28-18-15-21(23-26)20(2)24;1-4-6-7-8-9-10-11-12(3)5-2/h21H,3-19H2,1-2H3;12H,4-11H2,1-3H3. The first-order valence-corrected chi connectivity index (χ1v) is 18.1.